The molecule has 2 nitrogen and oxygen atoms in total. The van der Waals surface area contributed by atoms with Gasteiger partial charge in [0.2, 0.25) is 0 Å². The topological polar surface area (TPSA) is 40.5 Å². The van der Waals surface area contributed by atoms with E-state index in [1.54, 1.807) is 12.2 Å². The van der Waals surface area contributed by atoms with Gasteiger partial charge in [-0.1, -0.05) is 96.1 Å². The number of aryl methyl sites for hydroxylation is 1. The zero-order valence-corrected chi connectivity index (χ0v) is 16.3. The number of allylic oxidation sites excluding steroid dienone is 8. The van der Waals surface area contributed by atoms with Crippen LogP contribution in [0.4, 0.5) is 0 Å². The summed E-state index contributed by atoms with van der Waals surface area (Å²) in [6, 6.07) is 16.6. The molecule has 0 aliphatic carbocycles. The number of hydrogen-bond donors (Lipinski definition) is 2. The standard InChI is InChI=1S/C26H26O2/c1-21(5-3-19-27)7-10-24-14-17-26(18-15-24)25(6-4-20-28)16-13-23-11-8-22(2)9-12-23/h3-20,27-28H,1-2H3/b10-7-,16-13-,19-3+,20-4+,21-5-,25-6+. The van der Waals surface area contributed by atoms with E-state index in [2.05, 4.69) is 61.5 Å². The molecule has 0 heterocycles. The average Bonchev–Trinajstić information content (AvgIpc) is 2.72. The fraction of sp³-hybridized carbons (Fsp3) is 0.0769. The van der Waals surface area contributed by atoms with Crippen molar-refractivity contribution >= 4 is 17.7 Å². The van der Waals surface area contributed by atoms with Crippen molar-refractivity contribution < 1.29 is 10.2 Å². The largest absolute Gasteiger partial charge is 0.516 e. The van der Waals surface area contributed by atoms with Gasteiger partial charge < -0.3 is 10.2 Å². The molecule has 0 aromatic heterocycles. The van der Waals surface area contributed by atoms with Crippen molar-refractivity contribution in [3.8, 4) is 0 Å². The van der Waals surface area contributed by atoms with Gasteiger partial charge in [-0.05, 0) is 48.3 Å². The number of hydrogen-bond acceptors (Lipinski definition) is 2. The van der Waals surface area contributed by atoms with E-state index >= 15 is 0 Å². The normalized spacial score (nSPS) is 13.5. The molecule has 2 aromatic rings. The molecule has 0 atom stereocenters. The molecule has 28 heavy (non-hydrogen) atoms. The van der Waals surface area contributed by atoms with Crippen molar-refractivity contribution in [3.63, 3.8) is 0 Å². The van der Waals surface area contributed by atoms with Crippen LogP contribution in [0.15, 0.2) is 103 Å². The summed E-state index contributed by atoms with van der Waals surface area (Å²) in [4.78, 5) is 0. The molecule has 0 spiro atoms. The number of aliphatic hydroxyl groups excluding tert-OH is 2. The minimum absolute atomic E-state index is 1.01. The molecule has 0 fully saturated rings. The van der Waals surface area contributed by atoms with Gasteiger partial charge in [-0.3, -0.25) is 0 Å². The lowest BCUT2D eigenvalue weighted by Crippen LogP contribution is -1.82. The highest BCUT2D eigenvalue weighted by molar-refractivity contribution is 5.80. The van der Waals surface area contributed by atoms with E-state index in [0.29, 0.717) is 0 Å². The maximum absolute atomic E-state index is 9.02. The molecule has 0 radical (unpaired) electrons. The molecule has 2 aromatic carbocycles. The van der Waals surface area contributed by atoms with Gasteiger partial charge in [0.25, 0.3) is 0 Å². The van der Waals surface area contributed by atoms with Gasteiger partial charge in [0.05, 0.1) is 12.5 Å². The molecule has 0 bridgehead atoms. The zero-order chi connectivity index (χ0) is 20.2. The summed E-state index contributed by atoms with van der Waals surface area (Å²) >= 11 is 0. The van der Waals surface area contributed by atoms with Gasteiger partial charge in [-0.15, -0.1) is 0 Å². The van der Waals surface area contributed by atoms with Crippen molar-refractivity contribution in [1.29, 1.82) is 0 Å². The van der Waals surface area contributed by atoms with Crippen LogP contribution in [0.3, 0.4) is 0 Å². The van der Waals surface area contributed by atoms with E-state index in [1.165, 1.54) is 5.56 Å². The summed E-state index contributed by atoms with van der Waals surface area (Å²) in [6.07, 6.45) is 17.1. The first-order valence-electron chi connectivity index (χ1n) is 9.14. The van der Waals surface area contributed by atoms with Gasteiger partial charge in [0.15, 0.2) is 0 Å². The molecule has 2 N–H and O–H groups in total. The summed E-state index contributed by atoms with van der Waals surface area (Å²) in [7, 11) is 0. The van der Waals surface area contributed by atoms with Gasteiger partial charge in [-0.25, -0.2) is 0 Å². The third kappa shape index (κ3) is 7.00. The fourth-order valence-electron chi connectivity index (χ4n) is 2.52. The van der Waals surface area contributed by atoms with E-state index in [4.69, 9.17) is 10.2 Å². The maximum atomic E-state index is 9.02. The van der Waals surface area contributed by atoms with E-state index in [-0.39, 0.29) is 0 Å². The first kappa shape index (κ1) is 20.8. The Bertz CT molecular complexity index is 919. The molecule has 2 rings (SSSR count). The van der Waals surface area contributed by atoms with Gasteiger partial charge in [0, 0.05) is 0 Å². The van der Waals surface area contributed by atoms with Crippen molar-refractivity contribution in [2.24, 2.45) is 0 Å². The summed E-state index contributed by atoms with van der Waals surface area (Å²) < 4.78 is 0. The lowest BCUT2D eigenvalue weighted by molar-refractivity contribution is 0.473. The van der Waals surface area contributed by atoms with E-state index < -0.39 is 0 Å². The molecule has 0 aliphatic rings. The molecule has 0 saturated heterocycles. The SMILES string of the molecule is CC(/C=C\c1ccc(C(/C=C\c2ccc(C)cc2)=C/C=C/O)cc1)=C/C=C/O. The Hall–Kier alpha value is -3.52. The van der Waals surface area contributed by atoms with Gasteiger partial charge in [0.1, 0.15) is 0 Å². The predicted molar refractivity (Wildman–Crippen MR) is 121 cm³/mol. The zero-order valence-electron chi connectivity index (χ0n) is 16.3. The highest BCUT2D eigenvalue weighted by atomic mass is 16.2. The second kappa shape index (κ2) is 11.2. The summed E-state index contributed by atoms with van der Waals surface area (Å²) in [6.45, 7) is 4.05. The van der Waals surface area contributed by atoms with Crippen molar-refractivity contribution in [2.75, 3.05) is 0 Å². The highest BCUT2D eigenvalue weighted by Crippen LogP contribution is 2.19. The quantitative estimate of drug-likeness (QED) is 0.400. The lowest BCUT2D eigenvalue weighted by atomic mass is 10.0. The monoisotopic (exact) mass is 370 g/mol. The Labute approximate surface area is 167 Å². The molecule has 0 unspecified atom stereocenters. The van der Waals surface area contributed by atoms with E-state index in [0.717, 1.165) is 40.4 Å². The number of benzene rings is 2. The van der Waals surface area contributed by atoms with Crippen LogP contribution in [0.5, 0.6) is 0 Å². The Morgan fingerprint density at radius 2 is 1.25 bits per heavy atom. The van der Waals surface area contributed by atoms with E-state index in [9.17, 15) is 0 Å². The van der Waals surface area contributed by atoms with Crippen LogP contribution >= 0.6 is 0 Å². The average molecular weight is 370 g/mol. The minimum Gasteiger partial charge on any atom is -0.516 e. The molecular formula is C26H26O2. The predicted octanol–water partition coefficient (Wildman–Crippen LogP) is 7.19. The second-order valence-electron chi connectivity index (χ2n) is 6.42. The van der Waals surface area contributed by atoms with Crippen LogP contribution in [0, 0.1) is 6.92 Å². The molecule has 0 aliphatic heterocycles. The van der Waals surface area contributed by atoms with Crippen molar-refractivity contribution in [2.45, 2.75) is 13.8 Å². The second-order valence-corrected chi connectivity index (χ2v) is 6.42. The number of aliphatic hydroxyl groups is 2. The lowest BCUT2D eigenvalue weighted by Gasteiger charge is -2.04. The summed E-state index contributed by atoms with van der Waals surface area (Å²) in [5.74, 6) is 0. The van der Waals surface area contributed by atoms with Gasteiger partial charge >= 0.3 is 0 Å². The Morgan fingerprint density at radius 1 is 0.714 bits per heavy atom. The Balaban J connectivity index is 2.20. The third-order valence-electron chi connectivity index (χ3n) is 4.12. The third-order valence-corrected chi connectivity index (χ3v) is 4.12. The molecule has 0 saturated carbocycles. The first-order valence-corrected chi connectivity index (χ1v) is 9.14. The minimum atomic E-state index is 1.01. The molecular weight excluding hydrogens is 344 g/mol. The maximum Gasteiger partial charge on any atom is 0.0791 e. The van der Waals surface area contributed by atoms with Crippen LogP contribution < -0.4 is 0 Å². The summed E-state index contributed by atoms with van der Waals surface area (Å²) in [5.41, 5.74) is 6.56. The van der Waals surface area contributed by atoms with Crippen LogP contribution in [-0.4, -0.2) is 10.2 Å². The van der Waals surface area contributed by atoms with Crippen LogP contribution in [-0.2, 0) is 0 Å². The first-order chi connectivity index (χ1) is 13.6. The van der Waals surface area contributed by atoms with Gasteiger partial charge in [-0.2, -0.15) is 0 Å². The van der Waals surface area contributed by atoms with Crippen molar-refractivity contribution in [1.82, 2.24) is 0 Å². The van der Waals surface area contributed by atoms with Crippen LogP contribution in [0.25, 0.3) is 17.7 Å². The smallest absolute Gasteiger partial charge is 0.0791 e. The summed E-state index contributed by atoms with van der Waals surface area (Å²) in [5, 5.41) is 17.7. The Kier molecular flexibility index (Phi) is 8.35. The molecule has 2 heteroatoms. The molecule has 0 amide bonds. The van der Waals surface area contributed by atoms with Crippen LogP contribution in [0.1, 0.15) is 29.2 Å². The number of rotatable bonds is 7. The molecule has 142 valence electrons. The fourth-order valence-corrected chi connectivity index (χ4v) is 2.52. The van der Waals surface area contributed by atoms with Crippen molar-refractivity contribution in [3.05, 3.63) is 125 Å². The highest BCUT2D eigenvalue weighted by Gasteiger charge is 1.98. The Morgan fingerprint density at radius 3 is 1.86 bits per heavy atom. The van der Waals surface area contributed by atoms with E-state index in [1.807, 2.05) is 37.3 Å². The van der Waals surface area contributed by atoms with Crippen LogP contribution in [0.2, 0.25) is 0 Å².